The van der Waals surface area contributed by atoms with Crippen molar-refractivity contribution in [2.75, 3.05) is 0 Å². The number of aryl methyl sites for hydroxylation is 3. The topological polar surface area (TPSA) is 38.9 Å². The van der Waals surface area contributed by atoms with Crippen LogP contribution in [0.1, 0.15) is 35.3 Å². The number of hydrogen-bond donors (Lipinski definition) is 1. The SMILES string of the molecule is Cc1ccc(-c2ccc(C(C)N)c(C)n2)cc1C. The number of aromatic nitrogens is 1. The molecule has 18 heavy (non-hydrogen) atoms. The fourth-order valence-corrected chi connectivity index (χ4v) is 2.11. The summed E-state index contributed by atoms with van der Waals surface area (Å²) in [6.07, 6.45) is 0. The number of rotatable bonds is 2. The van der Waals surface area contributed by atoms with Crippen LogP contribution in [0.3, 0.4) is 0 Å². The van der Waals surface area contributed by atoms with Crippen LogP contribution >= 0.6 is 0 Å². The summed E-state index contributed by atoms with van der Waals surface area (Å²) in [6, 6.07) is 10.6. The quantitative estimate of drug-likeness (QED) is 0.869. The van der Waals surface area contributed by atoms with E-state index in [0.29, 0.717) is 0 Å². The second-order valence-corrected chi connectivity index (χ2v) is 4.96. The van der Waals surface area contributed by atoms with Gasteiger partial charge in [-0.05, 0) is 56.5 Å². The first-order valence-corrected chi connectivity index (χ1v) is 6.30. The van der Waals surface area contributed by atoms with Crippen LogP contribution in [0.25, 0.3) is 11.3 Å². The second kappa shape index (κ2) is 4.91. The van der Waals surface area contributed by atoms with E-state index in [-0.39, 0.29) is 6.04 Å². The summed E-state index contributed by atoms with van der Waals surface area (Å²) >= 11 is 0. The lowest BCUT2D eigenvalue weighted by atomic mass is 10.0. The van der Waals surface area contributed by atoms with E-state index in [1.54, 1.807) is 0 Å². The molecule has 1 aromatic carbocycles. The van der Waals surface area contributed by atoms with Gasteiger partial charge in [0.1, 0.15) is 0 Å². The monoisotopic (exact) mass is 240 g/mol. The van der Waals surface area contributed by atoms with E-state index in [9.17, 15) is 0 Å². The van der Waals surface area contributed by atoms with E-state index in [0.717, 1.165) is 22.5 Å². The maximum Gasteiger partial charge on any atom is 0.0705 e. The number of nitrogens with zero attached hydrogens (tertiary/aromatic N) is 1. The Balaban J connectivity index is 2.45. The molecule has 2 N–H and O–H groups in total. The van der Waals surface area contributed by atoms with Crippen LogP contribution in [-0.4, -0.2) is 4.98 Å². The molecule has 2 rings (SSSR count). The van der Waals surface area contributed by atoms with Crippen LogP contribution in [0.5, 0.6) is 0 Å². The Morgan fingerprint density at radius 1 is 1.00 bits per heavy atom. The molecule has 0 aliphatic heterocycles. The first-order chi connectivity index (χ1) is 8.49. The molecule has 1 unspecified atom stereocenters. The first kappa shape index (κ1) is 12.8. The van der Waals surface area contributed by atoms with Crippen LogP contribution in [0.15, 0.2) is 30.3 Å². The summed E-state index contributed by atoms with van der Waals surface area (Å²) in [7, 11) is 0. The zero-order valence-electron chi connectivity index (χ0n) is 11.5. The van der Waals surface area contributed by atoms with Gasteiger partial charge in [0, 0.05) is 17.3 Å². The van der Waals surface area contributed by atoms with Gasteiger partial charge < -0.3 is 5.73 Å². The third-order valence-electron chi connectivity index (χ3n) is 3.42. The Labute approximate surface area is 109 Å². The second-order valence-electron chi connectivity index (χ2n) is 4.96. The van der Waals surface area contributed by atoms with E-state index in [1.807, 2.05) is 13.8 Å². The zero-order valence-corrected chi connectivity index (χ0v) is 11.5. The van der Waals surface area contributed by atoms with Crippen LogP contribution in [-0.2, 0) is 0 Å². The summed E-state index contributed by atoms with van der Waals surface area (Å²) in [6.45, 7) is 8.25. The molecule has 0 amide bonds. The Kier molecular flexibility index (Phi) is 3.48. The van der Waals surface area contributed by atoms with Gasteiger partial charge in [0.2, 0.25) is 0 Å². The zero-order chi connectivity index (χ0) is 13.3. The molecule has 0 aliphatic rings. The molecule has 94 valence electrons. The van der Waals surface area contributed by atoms with Gasteiger partial charge in [-0.1, -0.05) is 18.2 Å². The molecule has 0 spiro atoms. The Morgan fingerprint density at radius 2 is 1.72 bits per heavy atom. The highest BCUT2D eigenvalue weighted by Crippen LogP contribution is 2.23. The minimum absolute atomic E-state index is 0.0336. The van der Waals surface area contributed by atoms with Crippen LogP contribution in [0.4, 0.5) is 0 Å². The van der Waals surface area contributed by atoms with Crippen molar-refractivity contribution >= 4 is 0 Å². The lowest BCUT2D eigenvalue weighted by Gasteiger charge is -2.11. The van der Waals surface area contributed by atoms with Crippen molar-refractivity contribution in [3.05, 3.63) is 52.7 Å². The molecule has 0 bridgehead atoms. The van der Waals surface area contributed by atoms with E-state index < -0.39 is 0 Å². The molecule has 0 saturated carbocycles. The standard InChI is InChI=1S/C16H20N2/c1-10-5-6-14(9-11(10)2)16-8-7-15(12(3)17)13(4)18-16/h5-9,12H,17H2,1-4H3. The van der Waals surface area contributed by atoms with Crippen molar-refractivity contribution in [3.63, 3.8) is 0 Å². The smallest absolute Gasteiger partial charge is 0.0705 e. The summed E-state index contributed by atoms with van der Waals surface area (Å²) in [4.78, 5) is 4.66. The molecule has 2 heteroatoms. The van der Waals surface area contributed by atoms with Crippen LogP contribution < -0.4 is 5.73 Å². The van der Waals surface area contributed by atoms with E-state index in [1.165, 1.54) is 11.1 Å². The van der Waals surface area contributed by atoms with Crippen molar-refractivity contribution in [3.8, 4) is 11.3 Å². The molecule has 0 fully saturated rings. The molecular weight excluding hydrogens is 220 g/mol. The van der Waals surface area contributed by atoms with Gasteiger partial charge in [-0.25, -0.2) is 0 Å². The lowest BCUT2D eigenvalue weighted by molar-refractivity contribution is 0.800. The average Bonchev–Trinajstić information content (AvgIpc) is 2.32. The van der Waals surface area contributed by atoms with Crippen molar-refractivity contribution < 1.29 is 0 Å². The van der Waals surface area contributed by atoms with Gasteiger partial charge >= 0.3 is 0 Å². The van der Waals surface area contributed by atoms with Gasteiger partial charge in [0.15, 0.2) is 0 Å². The Hall–Kier alpha value is -1.67. The molecule has 1 atom stereocenters. The molecule has 1 heterocycles. The Bertz CT molecular complexity index is 571. The van der Waals surface area contributed by atoms with Crippen molar-refractivity contribution in [1.29, 1.82) is 0 Å². The first-order valence-electron chi connectivity index (χ1n) is 6.30. The summed E-state index contributed by atoms with van der Waals surface area (Å²) in [5, 5.41) is 0. The van der Waals surface area contributed by atoms with Gasteiger partial charge in [0.05, 0.1) is 5.69 Å². The third kappa shape index (κ3) is 2.44. The fourth-order valence-electron chi connectivity index (χ4n) is 2.11. The van der Waals surface area contributed by atoms with Gasteiger partial charge in [-0.15, -0.1) is 0 Å². The highest BCUT2D eigenvalue weighted by molar-refractivity contribution is 5.61. The summed E-state index contributed by atoms with van der Waals surface area (Å²) in [5.74, 6) is 0. The molecule has 0 radical (unpaired) electrons. The molecule has 2 aromatic rings. The highest BCUT2D eigenvalue weighted by Gasteiger charge is 2.07. The minimum atomic E-state index is 0.0336. The maximum absolute atomic E-state index is 5.91. The van der Waals surface area contributed by atoms with E-state index in [4.69, 9.17) is 5.73 Å². The van der Waals surface area contributed by atoms with Gasteiger partial charge in [-0.3, -0.25) is 4.98 Å². The fraction of sp³-hybridized carbons (Fsp3) is 0.312. The lowest BCUT2D eigenvalue weighted by Crippen LogP contribution is -2.08. The highest BCUT2D eigenvalue weighted by atomic mass is 14.7. The van der Waals surface area contributed by atoms with Crippen LogP contribution in [0, 0.1) is 20.8 Å². The molecular formula is C16H20N2. The molecule has 1 aromatic heterocycles. The number of hydrogen-bond acceptors (Lipinski definition) is 2. The van der Waals surface area contributed by atoms with Crippen molar-refractivity contribution in [1.82, 2.24) is 4.98 Å². The number of pyridine rings is 1. The van der Waals surface area contributed by atoms with Crippen LogP contribution in [0.2, 0.25) is 0 Å². The third-order valence-corrected chi connectivity index (χ3v) is 3.42. The van der Waals surface area contributed by atoms with Crippen molar-refractivity contribution in [2.45, 2.75) is 33.7 Å². The normalized spacial score (nSPS) is 12.5. The van der Waals surface area contributed by atoms with E-state index >= 15 is 0 Å². The predicted octanol–water partition coefficient (Wildman–Crippen LogP) is 3.69. The van der Waals surface area contributed by atoms with Gasteiger partial charge in [0.25, 0.3) is 0 Å². The molecule has 0 aliphatic carbocycles. The maximum atomic E-state index is 5.91. The number of benzene rings is 1. The minimum Gasteiger partial charge on any atom is -0.324 e. The summed E-state index contributed by atoms with van der Waals surface area (Å²) < 4.78 is 0. The summed E-state index contributed by atoms with van der Waals surface area (Å²) in [5.41, 5.74) is 12.8. The van der Waals surface area contributed by atoms with Crippen molar-refractivity contribution in [2.24, 2.45) is 5.73 Å². The molecule has 2 nitrogen and oxygen atoms in total. The Morgan fingerprint density at radius 3 is 2.28 bits per heavy atom. The average molecular weight is 240 g/mol. The van der Waals surface area contributed by atoms with Gasteiger partial charge in [-0.2, -0.15) is 0 Å². The van der Waals surface area contributed by atoms with E-state index in [2.05, 4.69) is 49.2 Å². The molecule has 0 saturated heterocycles. The predicted molar refractivity (Wildman–Crippen MR) is 76.5 cm³/mol. The largest absolute Gasteiger partial charge is 0.324 e. The number of nitrogens with two attached hydrogens (primary N) is 1.